The average Bonchev–Trinajstić information content (AvgIpc) is 2.71. The van der Waals surface area contributed by atoms with Crippen LogP contribution >= 0.6 is 0 Å². The van der Waals surface area contributed by atoms with E-state index in [1.807, 2.05) is 0 Å². The fourth-order valence-electron chi connectivity index (χ4n) is 2.95. The minimum Gasteiger partial charge on any atom is -0.393 e. The molecule has 2 N–H and O–H groups in total. The normalized spacial score (nSPS) is 49.4. The van der Waals surface area contributed by atoms with Gasteiger partial charge in [0.25, 0.3) is 0 Å². The molecule has 3 aliphatic carbocycles. The Morgan fingerprint density at radius 3 is 2.29 bits per heavy atom. The molecule has 0 heterocycles. The maximum atomic E-state index is 11.7. The smallest absolute Gasteiger partial charge is 0.223 e. The van der Waals surface area contributed by atoms with Crippen molar-refractivity contribution in [2.45, 2.75) is 44.2 Å². The molecule has 1 amide bonds. The summed E-state index contributed by atoms with van der Waals surface area (Å²) in [6, 6.07) is 0.259. The second kappa shape index (κ2) is 2.96. The van der Waals surface area contributed by atoms with Crippen molar-refractivity contribution in [3.8, 4) is 0 Å². The monoisotopic (exact) mass is 195 g/mol. The van der Waals surface area contributed by atoms with E-state index in [2.05, 4.69) is 5.32 Å². The van der Waals surface area contributed by atoms with Crippen LogP contribution in [0.15, 0.2) is 0 Å². The van der Waals surface area contributed by atoms with Gasteiger partial charge < -0.3 is 10.4 Å². The Kier molecular flexibility index (Phi) is 1.84. The van der Waals surface area contributed by atoms with Crippen molar-refractivity contribution in [2.24, 2.45) is 17.8 Å². The first-order chi connectivity index (χ1) is 6.72. The Bertz CT molecular complexity index is 250. The second-order valence-corrected chi connectivity index (χ2v) is 5.25. The molecule has 0 aliphatic heterocycles. The number of rotatable bonds is 2. The molecule has 3 aliphatic rings. The Labute approximate surface area is 83.9 Å². The second-order valence-electron chi connectivity index (χ2n) is 5.25. The first-order valence-corrected chi connectivity index (χ1v) is 5.71. The lowest BCUT2D eigenvalue weighted by molar-refractivity contribution is -0.127. The molecule has 0 aromatic rings. The Morgan fingerprint density at radius 2 is 1.71 bits per heavy atom. The Morgan fingerprint density at radius 1 is 1.07 bits per heavy atom. The first kappa shape index (κ1) is 8.72. The van der Waals surface area contributed by atoms with Crippen molar-refractivity contribution in [3.63, 3.8) is 0 Å². The molecule has 0 spiro atoms. The first-order valence-electron chi connectivity index (χ1n) is 5.71. The fourth-order valence-corrected chi connectivity index (χ4v) is 2.95. The van der Waals surface area contributed by atoms with Gasteiger partial charge in [-0.15, -0.1) is 0 Å². The maximum absolute atomic E-state index is 11.7. The third-order valence-corrected chi connectivity index (χ3v) is 4.07. The molecule has 3 saturated carbocycles. The molecule has 2 unspecified atom stereocenters. The number of hydrogen-bond donors (Lipinski definition) is 2. The fraction of sp³-hybridized carbons (Fsp3) is 0.909. The summed E-state index contributed by atoms with van der Waals surface area (Å²) in [6.45, 7) is 0. The largest absolute Gasteiger partial charge is 0.393 e. The molecule has 3 heteroatoms. The third-order valence-electron chi connectivity index (χ3n) is 4.07. The molecule has 3 rings (SSSR count). The Balaban J connectivity index is 1.46. The van der Waals surface area contributed by atoms with Crippen molar-refractivity contribution in [2.75, 3.05) is 0 Å². The zero-order valence-corrected chi connectivity index (χ0v) is 8.28. The number of carbonyl (C=O) groups is 1. The van der Waals surface area contributed by atoms with Crippen LogP contribution in [0, 0.1) is 17.8 Å². The van der Waals surface area contributed by atoms with Gasteiger partial charge in [0.05, 0.1) is 6.10 Å². The van der Waals surface area contributed by atoms with Crippen LogP contribution in [0.1, 0.15) is 32.1 Å². The number of aliphatic hydroxyl groups excluding tert-OH is 1. The predicted molar refractivity (Wildman–Crippen MR) is 51.5 cm³/mol. The van der Waals surface area contributed by atoms with E-state index >= 15 is 0 Å². The van der Waals surface area contributed by atoms with Crippen LogP contribution in [0.25, 0.3) is 0 Å². The van der Waals surface area contributed by atoms with E-state index in [4.69, 9.17) is 5.11 Å². The van der Waals surface area contributed by atoms with Gasteiger partial charge in [0.15, 0.2) is 0 Å². The van der Waals surface area contributed by atoms with Gasteiger partial charge >= 0.3 is 0 Å². The average molecular weight is 195 g/mol. The molecule has 0 saturated heterocycles. The third kappa shape index (κ3) is 1.44. The minimum absolute atomic E-state index is 0.169. The molecule has 0 radical (unpaired) electrons. The molecule has 0 aromatic carbocycles. The number of amides is 1. The van der Waals surface area contributed by atoms with Crippen molar-refractivity contribution < 1.29 is 9.90 Å². The zero-order chi connectivity index (χ0) is 9.71. The van der Waals surface area contributed by atoms with E-state index in [1.165, 1.54) is 6.42 Å². The van der Waals surface area contributed by atoms with Crippen LogP contribution in [0.3, 0.4) is 0 Å². The summed E-state index contributed by atoms with van der Waals surface area (Å²) in [5.74, 6) is 2.28. The molecule has 2 atom stereocenters. The summed E-state index contributed by atoms with van der Waals surface area (Å²) >= 11 is 0. The Hall–Kier alpha value is -0.570. The zero-order valence-electron chi connectivity index (χ0n) is 8.28. The summed E-state index contributed by atoms with van der Waals surface area (Å²) < 4.78 is 0. The van der Waals surface area contributed by atoms with Crippen LogP contribution in [-0.2, 0) is 4.79 Å². The number of hydrogen-bond acceptors (Lipinski definition) is 2. The highest BCUT2D eigenvalue weighted by molar-refractivity contribution is 5.79. The highest BCUT2D eigenvalue weighted by Crippen LogP contribution is 2.54. The van der Waals surface area contributed by atoms with Crippen molar-refractivity contribution >= 4 is 5.91 Å². The lowest BCUT2D eigenvalue weighted by atomic mass is 9.88. The molecule has 0 aromatic heterocycles. The highest BCUT2D eigenvalue weighted by Gasteiger charge is 2.48. The van der Waals surface area contributed by atoms with Gasteiger partial charge in [0.1, 0.15) is 0 Å². The van der Waals surface area contributed by atoms with E-state index in [-0.39, 0.29) is 24.0 Å². The van der Waals surface area contributed by atoms with Gasteiger partial charge in [-0.1, -0.05) is 0 Å². The number of fused-ring (bicyclic) bond motifs is 1. The predicted octanol–water partition coefficient (Wildman–Crippen LogP) is 0.672. The molecule has 3 fully saturated rings. The van der Waals surface area contributed by atoms with Crippen LogP contribution in [-0.4, -0.2) is 23.2 Å². The van der Waals surface area contributed by atoms with Crippen molar-refractivity contribution in [1.82, 2.24) is 5.32 Å². The SMILES string of the molecule is O=C(NC1CC(O)C1)C1CC2CC2C1. The molecular formula is C11H17NO2. The van der Waals surface area contributed by atoms with Crippen molar-refractivity contribution in [3.05, 3.63) is 0 Å². The quantitative estimate of drug-likeness (QED) is 0.680. The summed E-state index contributed by atoms with van der Waals surface area (Å²) in [6.07, 6.45) is 4.94. The van der Waals surface area contributed by atoms with E-state index in [9.17, 15) is 4.79 Å². The molecule has 0 bridgehead atoms. The van der Waals surface area contributed by atoms with E-state index in [0.29, 0.717) is 0 Å². The number of nitrogens with one attached hydrogen (secondary N) is 1. The van der Waals surface area contributed by atoms with Crippen LogP contribution in [0.2, 0.25) is 0 Å². The summed E-state index contributed by atoms with van der Waals surface area (Å²) in [5, 5.41) is 12.1. The van der Waals surface area contributed by atoms with E-state index in [1.54, 1.807) is 0 Å². The molecule has 14 heavy (non-hydrogen) atoms. The maximum Gasteiger partial charge on any atom is 0.223 e. The molecule has 3 nitrogen and oxygen atoms in total. The topological polar surface area (TPSA) is 49.3 Å². The van der Waals surface area contributed by atoms with Gasteiger partial charge in [-0.25, -0.2) is 0 Å². The lowest BCUT2D eigenvalue weighted by Gasteiger charge is -2.32. The van der Waals surface area contributed by atoms with Crippen molar-refractivity contribution in [1.29, 1.82) is 0 Å². The lowest BCUT2D eigenvalue weighted by Crippen LogP contribution is -2.48. The van der Waals surface area contributed by atoms with Crippen LogP contribution in [0.4, 0.5) is 0 Å². The van der Waals surface area contributed by atoms with Gasteiger partial charge in [-0.3, -0.25) is 4.79 Å². The van der Waals surface area contributed by atoms with Crippen LogP contribution < -0.4 is 5.32 Å². The standard InChI is InChI=1S/C11H17NO2/c13-10-4-9(5-10)12-11(14)8-2-6-1-7(6)3-8/h6-10,13H,1-5H2,(H,12,14). The molecular weight excluding hydrogens is 178 g/mol. The minimum atomic E-state index is -0.169. The summed E-state index contributed by atoms with van der Waals surface area (Å²) in [5.41, 5.74) is 0. The number of carbonyl (C=O) groups excluding carboxylic acids is 1. The van der Waals surface area contributed by atoms with Gasteiger partial charge in [-0.2, -0.15) is 0 Å². The number of aliphatic hydroxyl groups is 1. The van der Waals surface area contributed by atoms with E-state index in [0.717, 1.165) is 37.5 Å². The summed E-state index contributed by atoms with van der Waals surface area (Å²) in [4.78, 5) is 11.7. The molecule has 78 valence electrons. The van der Waals surface area contributed by atoms with Gasteiger partial charge in [0.2, 0.25) is 5.91 Å². The summed E-state index contributed by atoms with van der Waals surface area (Å²) in [7, 11) is 0. The van der Waals surface area contributed by atoms with Gasteiger partial charge in [-0.05, 0) is 43.9 Å². The highest BCUT2D eigenvalue weighted by atomic mass is 16.3. The van der Waals surface area contributed by atoms with Crippen LogP contribution in [0.5, 0.6) is 0 Å². The van der Waals surface area contributed by atoms with Gasteiger partial charge in [0, 0.05) is 12.0 Å². The van der Waals surface area contributed by atoms with E-state index < -0.39 is 0 Å².